The van der Waals surface area contributed by atoms with Crippen LogP contribution in [-0.4, -0.2) is 61.0 Å². The fourth-order valence-electron chi connectivity index (χ4n) is 4.20. The lowest BCUT2D eigenvalue weighted by Gasteiger charge is -2.44. The molecule has 21 heavy (non-hydrogen) atoms. The van der Waals surface area contributed by atoms with Gasteiger partial charge in [0.1, 0.15) is 0 Å². The van der Waals surface area contributed by atoms with Crippen molar-refractivity contribution in [3.8, 4) is 0 Å². The Kier molecular flexibility index (Phi) is 5.20. The van der Waals surface area contributed by atoms with Gasteiger partial charge in [0.25, 0.3) is 0 Å². The van der Waals surface area contributed by atoms with E-state index in [1.165, 1.54) is 38.5 Å². The first-order chi connectivity index (χ1) is 10.2. The van der Waals surface area contributed by atoms with Crippen molar-refractivity contribution >= 4 is 0 Å². The monoisotopic (exact) mass is 296 g/mol. The normalized spacial score (nSPS) is 37.9. The Balaban J connectivity index is 1.53. The van der Waals surface area contributed by atoms with Gasteiger partial charge in [-0.15, -0.1) is 0 Å². The molecule has 3 aliphatic rings. The summed E-state index contributed by atoms with van der Waals surface area (Å²) in [6, 6.07) is 1.28. The third kappa shape index (κ3) is 4.19. The molecule has 3 rings (SSSR count). The minimum absolute atomic E-state index is 0.0125. The summed E-state index contributed by atoms with van der Waals surface area (Å²) >= 11 is 0. The molecular formula is C17H32N2O2. The molecule has 1 heterocycles. The van der Waals surface area contributed by atoms with Crippen LogP contribution in [0.3, 0.4) is 0 Å². The van der Waals surface area contributed by atoms with E-state index >= 15 is 0 Å². The van der Waals surface area contributed by atoms with Crippen LogP contribution < -0.4 is 5.32 Å². The molecule has 3 fully saturated rings. The minimum atomic E-state index is -0.0125. The van der Waals surface area contributed by atoms with E-state index in [0.29, 0.717) is 24.6 Å². The Morgan fingerprint density at radius 2 is 2.10 bits per heavy atom. The predicted octanol–water partition coefficient (Wildman–Crippen LogP) is 1.77. The maximum atomic E-state index is 9.94. The second kappa shape index (κ2) is 6.95. The lowest BCUT2D eigenvalue weighted by molar-refractivity contribution is 0.0208. The van der Waals surface area contributed by atoms with E-state index in [1.54, 1.807) is 0 Å². The van der Waals surface area contributed by atoms with Crippen LogP contribution in [0.15, 0.2) is 0 Å². The van der Waals surface area contributed by atoms with E-state index in [-0.39, 0.29) is 5.54 Å². The number of hydrogen-bond acceptors (Lipinski definition) is 4. The molecule has 0 amide bonds. The van der Waals surface area contributed by atoms with Gasteiger partial charge in [-0.3, -0.25) is 0 Å². The van der Waals surface area contributed by atoms with Crippen LogP contribution in [0.2, 0.25) is 0 Å². The Labute approximate surface area is 129 Å². The lowest BCUT2D eigenvalue weighted by Crippen LogP contribution is -2.56. The molecular weight excluding hydrogens is 264 g/mol. The maximum Gasteiger partial charge on any atom is 0.0613 e. The average Bonchev–Trinajstić information content (AvgIpc) is 3.32. The molecule has 1 saturated heterocycles. The summed E-state index contributed by atoms with van der Waals surface area (Å²) in [5.74, 6) is 0.700. The van der Waals surface area contributed by atoms with E-state index in [0.717, 1.165) is 32.6 Å². The zero-order valence-corrected chi connectivity index (χ0v) is 13.5. The van der Waals surface area contributed by atoms with Crippen molar-refractivity contribution in [3.63, 3.8) is 0 Å². The summed E-state index contributed by atoms with van der Waals surface area (Å²) in [6.45, 7) is 3.32. The highest BCUT2D eigenvalue weighted by molar-refractivity contribution is 5.00. The Bertz CT molecular complexity index is 329. The topological polar surface area (TPSA) is 44.7 Å². The third-order valence-corrected chi connectivity index (χ3v) is 5.63. The highest BCUT2D eigenvalue weighted by Crippen LogP contribution is 2.34. The smallest absolute Gasteiger partial charge is 0.0613 e. The highest BCUT2D eigenvalue weighted by Gasteiger charge is 2.40. The van der Waals surface area contributed by atoms with Crippen LogP contribution in [0.5, 0.6) is 0 Å². The molecule has 4 nitrogen and oxygen atoms in total. The van der Waals surface area contributed by atoms with Crippen LogP contribution >= 0.6 is 0 Å². The molecule has 0 spiro atoms. The van der Waals surface area contributed by atoms with Gasteiger partial charge >= 0.3 is 0 Å². The van der Waals surface area contributed by atoms with E-state index in [2.05, 4.69) is 17.3 Å². The molecule has 0 radical (unpaired) electrons. The summed E-state index contributed by atoms with van der Waals surface area (Å²) in [5.41, 5.74) is -0.0125. The number of nitrogens with zero attached hydrogens (tertiary/aromatic N) is 1. The Hall–Kier alpha value is -0.160. The Morgan fingerprint density at radius 3 is 2.76 bits per heavy atom. The van der Waals surface area contributed by atoms with Crippen LogP contribution in [-0.2, 0) is 4.74 Å². The first-order valence-corrected chi connectivity index (χ1v) is 8.87. The van der Waals surface area contributed by atoms with Crippen molar-refractivity contribution < 1.29 is 9.84 Å². The predicted molar refractivity (Wildman–Crippen MR) is 84.4 cm³/mol. The van der Waals surface area contributed by atoms with E-state index < -0.39 is 0 Å². The zero-order valence-electron chi connectivity index (χ0n) is 13.5. The standard InChI is InChI=1S/C17H32N2O2/c1-19(11-14-4-3-9-21-12-14)16-5-2-8-17(10-16,13-20)18-15-6-7-15/h14-16,18,20H,2-13H2,1H3. The number of hydrogen-bond donors (Lipinski definition) is 2. The molecule has 1 aliphatic heterocycles. The van der Waals surface area contributed by atoms with Crippen molar-refractivity contribution in [2.24, 2.45) is 5.92 Å². The quantitative estimate of drug-likeness (QED) is 0.784. The first kappa shape index (κ1) is 15.7. The molecule has 2 aliphatic carbocycles. The fraction of sp³-hybridized carbons (Fsp3) is 1.00. The van der Waals surface area contributed by atoms with Gasteiger partial charge in [-0.05, 0) is 64.3 Å². The molecule has 3 unspecified atom stereocenters. The second-order valence-corrected chi connectivity index (χ2v) is 7.63. The molecule has 2 N–H and O–H groups in total. The molecule has 0 aromatic carbocycles. The molecule has 122 valence electrons. The van der Waals surface area contributed by atoms with Crippen LogP contribution in [0, 0.1) is 5.92 Å². The minimum Gasteiger partial charge on any atom is -0.394 e. The SMILES string of the molecule is CN(CC1CCCOC1)C1CCCC(CO)(NC2CC2)C1. The van der Waals surface area contributed by atoms with E-state index in [4.69, 9.17) is 4.74 Å². The van der Waals surface area contributed by atoms with Gasteiger partial charge in [-0.25, -0.2) is 0 Å². The molecule has 0 aromatic heterocycles. The van der Waals surface area contributed by atoms with Gasteiger partial charge in [0.15, 0.2) is 0 Å². The molecule has 3 atom stereocenters. The number of nitrogens with one attached hydrogen (secondary N) is 1. The van der Waals surface area contributed by atoms with Crippen LogP contribution in [0.4, 0.5) is 0 Å². The van der Waals surface area contributed by atoms with Crippen molar-refractivity contribution in [1.82, 2.24) is 10.2 Å². The highest BCUT2D eigenvalue weighted by atomic mass is 16.5. The molecule has 4 heteroatoms. The van der Waals surface area contributed by atoms with Gasteiger partial charge in [0.2, 0.25) is 0 Å². The van der Waals surface area contributed by atoms with Crippen molar-refractivity contribution in [3.05, 3.63) is 0 Å². The maximum absolute atomic E-state index is 9.94. The largest absolute Gasteiger partial charge is 0.394 e. The van der Waals surface area contributed by atoms with E-state index in [9.17, 15) is 5.11 Å². The number of ether oxygens (including phenoxy) is 1. The molecule has 0 bridgehead atoms. The van der Waals surface area contributed by atoms with Crippen molar-refractivity contribution in [1.29, 1.82) is 0 Å². The lowest BCUT2D eigenvalue weighted by atomic mass is 9.78. The fourth-order valence-corrected chi connectivity index (χ4v) is 4.20. The van der Waals surface area contributed by atoms with E-state index in [1.807, 2.05) is 0 Å². The molecule has 0 aromatic rings. The van der Waals surface area contributed by atoms with Gasteiger partial charge in [-0.2, -0.15) is 0 Å². The third-order valence-electron chi connectivity index (χ3n) is 5.63. The van der Waals surface area contributed by atoms with Crippen molar-refractivity contribution in [2.45, 2.75) is 69.0 Å². The summed E-state index contributed by atoms with van der Waals surface area (Å²) in [4.78, 5) is 2.54. The van der Waals surface area contributed by atoms with Gasteiger partial charge in [0.05, 0.1) is 13.2 Å². The second-order valence-electron chi connectivity index (χ2n) is 7.63. The molecule has 2 saturated carbocycles. The van der Waals surface area contributed by atoms with Gasteiger partial charge < -0.3 is 20.1 Å². The number of rotatable bonds is 6. The first-order valence-electron chi connectivity index (χ1n) is 8.87. The van der Waals surface area contributed by atoms with Gasteiger partial charge in [-0.1, -0.05) is 0 Å². The zero-order chi connectivity index (χ0) is 14.7. The van der Waals surface area contributed by atoms with Crippen LogP contribution in [0.1, 0.15) is 51.4 Å². The van der Waals surface area contributed by atoms with Gasteiger partial charge in [0, 0.05) is 30.8 Å². The Morgan fingerprint density at radius 1 is 1.24 bits per heavy atom. The van der Waals surface area contributed by atoms with Crippen LogP contribution in [0.25, 0.3) is 0 Å². The summed E-state index contributed by atoms with van der Waals surface area (Å²) in [6.07, 6.45) is 9.86. The summed E-state index contributed by atoms with van der Waals surface area (Å²) in [7, 11) is 2.27. The van der Waals surface area contributed by atoms with Crippen molar-refractivity contribution in [2.75, 3.05) is 33.4 Å². The average molecular weight is 296 g/mol. The summed E-state index contributed by atoms with van der Waals surface area (Å²) < 4.78 is 5.61. The number of aliphatic hydroxyl groups excluding tert-OH is 1. The number of aliphatic hydroxyl groups is 1. The summed E-state index contributed by atoms with van der Waals surface area (Å²) in [5, 5.41) is 13.7.